The summed E-state index contributed by atoms with van der Waals surface area (Å²) >= 11 is 0. The van der Waals surface area contributed by atoms with Gasteiger partial charge in [0.15, 0.2) is 0 Å². The van der Waals surface area contributed by atoms with Crippen LogP contribution >= 0.6 is 0 Å². The normalized spacial score (nSPS) is 25.0. The summed E-state index contributed by atoms with van der Waals surface area (Å²) in [4.78, 5) is 11.9. The highest BCUT2D eigenvalue weighted by atomic mass is 16.6. The van der Waals surface area contributed by atoms with Crippen LogP contribution in [0.15, 0.2) is 0 Å². The van der Waals surface area contributed by atoms with Crippen LogP contribution in [0.5, 0.6) is 0 Å². The van der Waals surface area contributed by atoms with Gasteiger partial charge in [0.2, 0.25) is 0 Å². The third-order valence-corrected chi connectivity index (χ3v) is 4.70. The van der Waals surface area contributed by atoms with E-state index in [9.17, 15) is 4.79 Å². The maximum Gasteiger partial charge on any atom is 0.407 e. The zero-order chi connectivity index (χ0) is 16.1. The van der Waals surface area contributed by atoms with Gasteiger partial charge in [0.05, 0.1) is 0 Å². The van der Waals surface area contributed by atoms with Gasteiger partial charge in [0, 0.05) is 12.1 Å². The topological polar surface area (TPSA) is 62.4 Å². The van der Waals surface area contributed by atoms with Gasteiger partial charge >= 0.3 is 6.09 Å². The Labute approximate surface area is 134 Å². The summed E-state index contributed by atoms with van der Waals surface area (Å²) in [5.41, 5.74) is -0.373. The molecule has 5 nitrogen and oxygen atoms in total. The van der Waals surface area contributed by atoms with Gasteiger partial charge in [0.1, 0.15) is 5.60 Å². The molecule has 22 heavy (non-hydrogen) atoms. The smallest absolute Gasteiger partial charge is 0.407 e. The third-order valence-electron chi connectivity index (χ3n) is 4.70. The molecule has 0 bridgehead atoms. The van der Waals surface area contributed by atoms with Crippen LogP contribution in [0.4, 0.5) is 4.79 Å². The average Bonchev–Trinajstić information content (AvgIpc) is 2.92. The van der Waals surface area contributed by atoms with Crippen molar-refractivity contribution in [1.82, 2.24) is 16.0 Å². The SMILES string of the molecule is CC(C)(C)OC(=O)NCC1(NCC2CCCNC2)CCCC1. The van der Waals surface area contributed by atoms with Crippen LogP contribution in [0, 0.1) is 5.92 Å². The molecule has 0 aromatic rings. The van der Waals surface area contributed by atoms with E-state index in [1.165, 1.54) is 25.7 Å². The molecule has 3 N–H and O–H groups in total. The van der Waals surface area contributed by atoms with Crippen molar-refractivity contribution < 1.29 is 9.53 Å². The van der Waals surface area contributed by atoms with Crippen molar-refractivity contribution in [2.45, 2.75) is 70.4 Å². The summed E-state index contributed by atoms with van der Waals surface area (Å²) < 4.78 is 5.35. The molecule has 5 heteroatoms. The lowest BCUT2D eigenvalue weighted by atomic mass is 9.94. The first-order valence-electron chi connectivity index (χ1n) is 8.81. The van der Waals surface area contributed by atoms with Gasteiger partial charge in [-0.15, -0.1) is 0 Å². The minimum absolute atomic E-state index is 0.0638. The van der Waals surface area contributed by atoms with E-state index < -0.39 is 5.60 Å². The number of alkyl carbamates (subject to hydrolysis) is 1. The zero-order valence-electron chi connectivity index (χ0n) is 14.5. The lowest BCUT2D eigenvalue weighted by Crippen LogP contribution is -2.54. The number of rotatable bonds is 5. The van der Waals surface area contributed by atoms with Crippen molar-refractivity contribution >= 4 is 6.09 Å². The van der Waals surface area contributed by atoms with Crippen molar-refractivity contribution in [2.75, 3.05) is 26.2 Å². The van der Waals surface area contributed by atoms with Crippen molar-refractivity contribution in [3.05, 3.63) is 0 Å². The number of hydrogen-bond donors (Lipinski definition) is 3. The van der Waals surface area contributed by atoms with Gasteiger partial charge in [-0.05, 0) is 72.0 Å². The molecule has 2 aliphatic rings. The van der Waals surface area contributed by atoms with Crippen LogP contribution < -0.4 is 16.0 Å². The Bertz CT molecular complexity index is 353. The summed E-state index contributed by atoms with van der Waals surface area (Å²) in [6.07, 6.45) is 7.04. The summed E-state index contributed by atoms with van der Waals surface area (Å²) in [7, 11) is 0. The molecule has 1 atom stereocenters. The maximum absolute atomic E-state index is 11.9. The van der Waals surface area contributed by atoms with Crippen LogP contribution in [-0.4, -0.2) is 43.4 Å². The van der Waals surface area contributed by atoms with Gasteiger partial charge in [-0.25, -0.2) is 4.79 Å². The van der Waals surface area contributed by atoms with E-state index in [0.29, 0.717) is 12.5 Å². The second kappa shape index (κ2) is 7.64. The Kier molecular flexibility index (Phi) is 6.09. The Morgan fingerprint density at radius 3 is 2.59 bits per heavy atom. The number of amides is 1. The summed E-state index contributed by atoms with van der Waals surface area (Å²) in [5.74, 6) is 0.716. The lowest BCUT2D eigenvalue weighted by molar-refractivity contribution is 0.0509. The van der Waals surface area contributed by atoms with E-state index in [4.69, 9.17) is 4.74 Å². The van der Waals surface area contributed by atoms with Crippen molar-refractivity contribution in [2.24, 2.45) is 5.92 Å². The van der Waals surface area contributed by atoms with Gasteiger partial charge in [0.25, 0.3) is 0 Å². The van der Waals surface area contributed by atoms with Crippen molar-refractivity contribution in [1.29, 1.82) is 0 Å². The molecule has 1 heterocycles. The Balaban J connectivity index is 1.79. The van der Waals surface area contributed by atoms with Gasteiger partial charge in [-0.2, -0.15) is 0 Å². The molecule has 1 aliphatic carbocycles. The van der Waals surface area contributed by atoms with E-state index in [-0.39, 0.29) is 11.6 Å². The minimum Gasteiger partial charge on any atom is -0.444 e. The van der Waals surface area contributed by atoms with E-state index in [2.05, 4.69) is 16.0 Å². The maximum atomic E-state index is 11.9. The van der Waals surface area contributed by atoms with E-state index in [0.717, 1.165) is 32.5 Å². The number of nitrogens with one attached hydrogen (secondary N) is 3. The molecule has 1 unspecified atom stereocenters. The Morgan fingerprint density at radius 1 is 1.27 bits per heavy atom. The number of carbonyl (C=O) groups excluding carboxylic acids is 1. The molecule has 1 aliphatic heterocycles. The first-order chi connectivity index (χ1) is 10.4. The van der Waals surface area contributed by atoms with E-state index in [1.807, 2.05) is 20.8 Å². The molecule has 2 fully saturated rings. The first-order valence-corrected chi connectivity index (χ1v) is 8.81. The summed E-state index contributed by atoms with van der Waals surface area (Å²) in [5, 5.41) is 10.2. The monoisotopic (exact) mass is 311 g/mol. The molecule has 2 rings (SSSR count). The molecular weight excluding hydrogens is 278 g/mol. The average molecular weight is 311 g/mol. The van der Waals surface area contributed by atoms with E-state index in [1.54, 1.807) is 0 Å². The van der Waals surface area contributed by atoms with Crippen LogP contribution in [0.2, 0.25) is 0 Å². The second-order valence-electron chi connectivity index (χ2n) is 7.94. The zero-order valence-corrected chi connectivity index (χ0v) is 14.5. The number of piperidine rings is 1. The highest BCUT2D eigenvalue weighted by Gasteiger charge is 2.34. The molecule has 1 saturated carbocycles. The number of hydrogen-bond acceptors (Lipinski definition) is 4. The molecular formula is C17H33N3O2. The largest absolute Gasteiger partial charge is 0.444 e. The fraction of sp³-hybridized carbons (Fsp3) is 0.941. The van der Waals surface area contributed by atoms with Gasteiger partial charge < -0.3 is 20.7 Å². The van der Waals surface area contributed by atoms with Crippen LogP contribution in [0.3, 0.4) is 0 Å². The Hall–Kier alpha value is -0.810. The summed E-state index contributed by atoms with van der Waals surface area (Å²) in [6, 6.07) is 0. The molecule has 1 amide bonds. The predicted molar refractivity (Wildman–Crippen MR) is 89.0 cm³/mol. The molecule has 1 saturated heterocycles. The number of ether oxygens (including phenoxy) is 1. The minimum atomic E-state index is -0.436. The summed E-state index contributed by atoms with van der Waals surface area (Å²) in [6.45, 7) is 9.67. The predicted octanol–water partition coefficient (Wildman–Crippen LogP) is 2.41. The molecule has 0 aromatic heterocycles. The number of carbonyl (C=O) groups is 1. The van der Waals surface area contributed by atoms with Gasteiger partial charge in [-0.3, -0.25) is 0 Å². The fourth-order valence-electron chi connectivity index (χ4n) is 3.48. The second-order valence-corrected chi connectivity index (χ2v) is 7.94. The quantitative estimate of drug-likeness (QED) is 0.730. The standard InChI is InChI=1S/C17H33N3O2/c1-16(2,3)22-15(21)19-13-17(8-4-5-9-17)20-12-14-7-6-10-18-11-14/h14,18,20H,4-13H2,1-3H3,(H,19,21). The van der Waals surface area contributed by atoms with Gasteiger partial charge in [-0.1, -0.05) is 12.8 Å². The fourth-order valence-corrected chi connectivity index (χ4v) is 3.48. The van der Waals surface area contributed by atoms with E-state index >= 15 is 0 Å². The van der Waals surface area contributed by atoms with Crippen LogP contribution in [0.25, 0.3) is 0 Å². The molecule has 0 aromatic carbocycles. The molecule has 0 radical (unpaired) electrons. The van der Waals surface area contributed by atoms with Crippen molar-refractivity contribution in [3.8, 4) is 0 Å². The highest BCUT2D eigenvalue weighted by Crippen LogP contribution is 2.29. The van der Waals surface area contributed by atoms with Crippen LogP contribution in [-0.2, 0) is 4.74 Å². The first kappa shape index (κ1) is 17.5. The lowest BCUT2D eigenvalue weighted by Gasteiger charge is -2.34. The van der Waals surface area contributed by atoms with Crippen LogP contribution in [0.1, 0.15) is 59.3 Å². The van der Waals surface area contributed by atoms with Crippen molar-refractivity contribution in [3.63, 3.8) is 0 Å². The third kappa shape index (κ3) is 5.76. The molecule has 128 valence electrons. The highest BCUT2D eigenvalue weighted by molar-refractivity contribution is 5.67. The molecule has 0 spiro atoms. The Morgan fingerprint density at radius 2 is 2.00 bits per heavy atom.